The van der Waals surface area contributed by atoms with Crippen LogP contribution in [0, 0.1) is 5.92 Å². The number of morpholine rings is 1. The van der Waals surface area contributed by atoms with Crippen LogP contribution in [0.4, 0.5) is 11.4 Å². The number of piperidine rings is 3. The highest BCUT2D eigenvalue weighted by atomic mass is 16.5. The van der Waals surface area contributed by atoms with E-state index in [-0.39, 0.29) is 0 Å². The first-order valence-corrected chi connectivity index (χ1v) is 8.31. The summed E-state index contributed by atoms with van der Waals surface area (Å²) in [5.41, 5.74) is 2.65. The van der Waals surface area contributed by atoms with Gasteiger partial charge in [-0.1, -0.05) is 12.1 Å². The molecule has 0 radical (unpaired) electrons. The van der Waals surface area contributed by atoms with Crippen LogP contribution in [0.1, 0.15) is 12.8 Å². The molecule has 1 atom stereocenters. The van der Waals surface area contributed by atoms with Crippen molar-refractivity contribution in [3.8, 4) is 0 Å². The molecule has 0 spiro atoms. The second-order valence-electron chi connectivity index (χ2n) is 6.51. The smallest absolute Gasteiger partial charge is 0.0642 e. The molecule has 1 aromatic carbocycles. The fourth-order valence-electron chi connectivity index (χ4n) is 4.00. The van der Waals surface area contributed by atoms with Gasteiger partial charge in [-0.05, 0) is 44.0 Å². The normalized spacial score (nSPS) is 32.2. The zero-order chi connectivity index (χ0) is 14.1. The van der Waals surface area contributed by atoms with E-state index in [4.69, 9.17) is 4.74 Å². The molecule has 0 aromatic heterocycles. The molecule has 0 saturated carbocycles. The molecule has 4 heteroatoms. The minimum Gasteiger partial charge on any atom is -0.379 e. The van der Waals surface area contributed by atoms with Gasteiger partial charge in [-0.2, -0.15) is 0 Å². The molecule has 5 rings (SSSR count). The van der Waals surface area contributed by atoms with Gasteiger partial charge in [0.25, 0.3) is 0 Å². The Kier molecular flexibility index (Phi) is 3.74. The Hall–Kier alpha value is -1.26. The lowest BCUT2D eigenvalue weighted by atomic mass is 9.84. The zero-order valence-electron chi connectivity index (χ0n) is 12.6. The van der Waals surface area contributed by atoms with Crippen LogP contribution in [0.25, 0.3) is 0 Å². The van der Waals surface area contributed by atoms with Crippen LogP contribution >= 0.6 is 0 Å². The monoisotopic (exact) mass is 287 g/mol. The summed E-state index contributed by atoms with van der Waals surface area (Å²) in [5.74, 6) is 0.854. The van der Waals surface area contributed by atoms with E-state index in [2.05, 4.69) is 39.4 Å². The molecular weight excluding hydrogens is 262 g/mol. The van der Waals surface area contributed by atoms with E-state index in [1.54, 1.807) is 0 Å². The van der Waals surface area contributed by atoms with E-state index in [0.29, 0.717) is 6.04 Å². The second-order valence-corrected chi connectivity index (χ2v) is 6.51. The van der Waals surface area contributed by atoms with E-state index in [1.165, 1.54) is 43.9 Å². The molecule has 1 N–H and O–H groups in total. The van der Waals surface area contributed by atoms with Crippen molar-refractivity contribution in [2.24, 2.45) is 5.92 Å². The van der Waals surface area contributed by atoms with E-state index >= 15 is 0 Å². The fourth-order valence-corrected chi connectivity index (χ4v) is 4.00. The number of anilines is 2. The maximum absolute atomic E-state index is 5.48. The molecular formula is C17H25N3O. The highest BCUT2D eigenvalue weighted by Crippen LogP contribution is 2.33. The van der Waals surface area contributed by atoms with Gasteiger partial charge in [-0.15, -0.1) is 0 Å². The summed E-state index contributed by atoms with van der Waals surface area (Å²) in [6, 6.07) is 9.40. The zero-order valence-corrected chi connectivity index (χ0v) is 12.6. The quantitative estimate of drug-likeness (QED) is 0.920. The Balaban J connectivity index is 1.52. The summed E-state index contributed by atoms with van der Waals surface area (Å²) in [6.07, 6.45) is 2.72. The molecule has 114 valence electrons. The maximum atomic E-state index is 5.48. The number of benzene rings is 1. The minimum absolute atomic E-state index is 0.620. The Morgan fingerprint density at radius 1 is 1.00 bits per heavy atom. The highest BCUT2D eigenvalue weighted by Gasteiger charge is 2.34. The van der Waals surface area contributed by atoms with Crippen LogP contribution in [-0.4, -0.2) is 56.9 Å². The van der Waals surface area contributed by atoms with Gasteiger partial charge in [0.2, 0.25) is 0 Å². The van der Waals surface area contributed by atoms with E-state index in [0.717, 1.165) is 32.2 Å². The van der Waals surface area contributed by atoms with Gasteiger partial charge in [0.15, 0.2) is 0 Å². The van der Waals surface area contributed by atoms with Crippen LogP contribution in [0.15, 0.2) is 24.3 Å². The lowest BCUT2D eigenvalue weighted by Gasteiger charge is -2.45. The van der Waals surface area contributed by atoms with Crippen molar-refractivity contribution >= 4 is 11.4 Å². The number of hydrogen-bond acceptors (Lipinski definition) is 4. The van der Waals surface area contributed by atoms with E-state index < -0.39 is 0 Å². The van der Waals surface area contributed by atoms with Crippen LogP contribution in [0.5, 0.6) is 0 Å². The van der Waals surface area contributed by atoms with Crippen molar-refractivity contribution in [1.29, 1.82) is 0 Å². The molecule has 4 nitrogen and oxygen atoms in total. The second kappa shape index (κ2) is 5.85. The molecule has 1 unspecified atom stereocenters. The SMILES string of the molecule is c1ccc(N2CCOCC2)c(NC2CN3CCC2CC3)c1. The Morgan fingerprint density at radius 3 is 2.48 bits per heavy atom. The van der Waals surface area contributed by atoms with Gasteiger partial charge in [0.1, 0.15) is 0 Å². The van der Waals surface area contributed by atoms with E-state index in [1.807, 2.05) is 0 Å². The molecule has 4 aliphatic heterocycles. The third kappa shape index (κ3) is 2.74. The Morgan fingerprint density at radius 2 is 1.76 bits per heavy atom. The predicted octanol–water partition coefficient (Wildman–Crippen LogP) is 2.03. The van der Waals surface area contributed by atoms with Gasteiger partial charge >= 0.3 is 0 Å². The molecule has 4 aliphatic rings. The Labute approximate surface area is 127 Å². The van der Waals surface area contributed by atoms with Gasteiger partial charge < -0.3 is 19.9 Å². The standard InChI is InChI=1S/C17H25N3O/c1-2-4-17(20-9-11-21-12-10-20)15(3-1)18-16-13-19-7-5-14(16)6-8-19/h1-4,14,16,18H,5-13H2. The van der Waals surface area contributed by atoms with Crippen LogP contribution in [0.2, 0.25) is 0 Å². The lowest BCUT2D eigenvalue weighted by Crippen LogP contribution is -2.53. The molecule has 1 aromatic rings. The van der Waals surface area contributed by atoms with Crippen LogP contribution in [-0.2, 0) is 4.74 Å². The van der Waals surface area contributed by atoms with E-state index in [9.17, 15) is 0 Å². The van der Waals surface area contributed by atoms with Crippen molar-refractivity contribution in [3.05, 3.63) is 24.3 Å². The first-order chi connectivity index (χ1) is 10.4. The molecule has 0 amide bonds. The summed E-state index contributed by atoms with van der Waals surface area (Å²) >= 11 is 0. The number of fused-ring (bicyclic) bond motifs is 3. The first kappa shape index (κ1) is 13.4. The molecule has 4 fully saturated rings. The van der Waals surface area contributed by atoms with Crippen molar-refractivity contribution in [2.45, 2.75) is 18.9 Å². The number of nitrogens with one attached hydrogen (secondary N) is 1. The molecule has 2 bridgehead atoms. The van der Waals surface area contributed by atoms with Gasteiger partial charge in [-0.3, -0.25) is 0 Å². The van der Waals surface area contributed by atoms with Crippen molar-refractivity contribution in [2.75, 3.05) is 56.2 Å². The summed E-state index contributed by atoms with van der Waals surface area (Å²) in [7, 11) is 0. The summed E-state index contributed by atoms with van der Waals surface area (Å²) in [5, 5.41) is 3.85. The first-order valence-electron chi connectivity index (χ1n) is 8.31. The van der Waals surface area contributed by atoms with Crippen molar-refractivity contribution in [1.82, 2.24) is 4.90 Å². The molecule has 0 aliphatic carbocycles. The number of rotatable bonds is 3. The topological polar surface area (TPSA) is 27.7 Å². The maximum Gasteiger partial charge on any atom is 0.0642 e. The number of nitrogens with zero attached hydrogens (tertiary/aromatic N) is 2. The third-order valence-corrected chi connectivity index (χ3v) is 5.25. The fraction of sp³-hybridized carbons (Fsp3) is 0.647. The lowest BCUT2D eigenvalue weighted by molar-refractivity contribution is 0.0975. The highest BCUT2D eigenvalue weighted by molar-refractivity contribution is 5.70. The third-order valence-electron chi connectivity index (χ3n) is 5.25. The average Bonchev–Trinajstić information content (AvgIpc) is 2.57. The van der Waals surface area contributed by atoms with Crippen LogP contribution in [0.3, 0.4) is 0 Å². The molecule has 4 heterocycles. The Bertz CT molecular complexity index is 479. The van der Waals surface area contributed by atoms with Gasteiger partial charge in [0.05, 0.1) is 24.6 Å². The van der Waals surface area contributed by atoms with Crippen molar-refractivity contribution in [3.63, 3.8) is 0 Å². The minimum atomic E-state index is 0.620. The summed E-state index contributed by atoms with van der Waals surface area (Å²) in [6.45, 7) is 7.49. The average molecular weight is 287 g/mol. The number of hydrogen-bond donors (Lipinski definition) is 1. The number of ether oxygens (including phenoxy) is 1. The predicted molar refractivity (Wildman–Crippen MR) is 86.0 cm³/mol. The summed E-state index contributed by atoms with van der Waals surface area (Å²) in [4.78, 5) is 5.06. The molecule has 4 saturated heterocycles. The number of para-hydroxylation sites is 2. The van der Waals surface area contributed by atoms with Gasteiger partial charge in [-0.25, -0.2) is 0 Å². The van der Waals surface area contributed by atoms with Crippen molar-refractivity contribution < 1.29 is 4.74 Å². The largest absolute Gasteiger partial charge is 0.379 e. The summed E-state index contributed by atoms with van der Waals surface area (Å²) < 4.78 is 5.48. The molecule has 21 heavy (non-hydrogen) atoms. The van der Waals surface area contributed by atoms with Crippen LogP contribution < -0.4 is 10.2 Å². The van der Waals surface area contributed by atoms with Gasteiger partial charge in [0, 0.05) is 25.7 Å².